The standard InChI is InChI=1S/C19H19BrFNO2/c20-16-5-1-13(2-6-16)18(14-3-7-17(21)8-4-14)22-11-9-15(10-12-22)19(23)24/h1-8,15,18H,9-12H2,(H,23,24). The maximum absolute atomic E-state index is 13.3. The van der Waals surface area contributed by atoms with Crippen LogP contribution in [0.4, 0.5) is 4.39 Å². The molecule has 0 bridgehead atoms. The Morgan fingerprint density at radius 3 is 2.04 bits per heavy atom. The van der Waals surface area contributed by atoms with Crippen molar-refractivity contribution in [2.75, 3.05) is 13.1 Å². The Hall–Kier alpha value is -1.72. The van der Waals surface area contributed by atoms with Gasteiger partial charge in [0.15, 0.2) is 0 Å². The van der Waals surface area contributed by atoms with Gasteiger partial charge < -0.3 is 5.11 Å². The van der Waals surface area contributed by atoms with Crippen molar-refractivity contribution >= 4 is 21.9 Å². The van der Waals surface area contributed by atoms with Crippen LogP contribution in [0.1, 0.15) is 30.0 Å². The SMILES string of the molecule is O=C(O)C1CCN(C(c2ccc(F)cc2)c2ccc(Br)cc2)CC1. The Morgan fingerprint density at radius 1 is 1.04 bits per heavy atom. The molecule has 126 valence electrons. The molecule has 1 saturated heterocycles. The predicted molar refractivity (Wildman–Crippen MR) is 94.3 cm³/mol. The minimum atomic E-state index is -0.711. The zero-order valence-electron chi connectivity index (χ0n) is 13.2. The smallest absolute Gasteiger partial charge is 0.306 e. The van der Waals surface area contributed by atoms with E-state index in [2.05, 4.69) is 33.0 Å². The van der Waals surface area contributed by atoms with Gasteiger partial charge in [-0.1, -0.05) is 40.2 Å². The molecule has 3 nitrogen and oxygen atoms in total. The number of likely N-dealkylation sites (tertiary alicyclic amines) is 1. The number of rotatable bonds is 4. The number of hydrogen-bond donors (Lipinski definition) is 1. The molecule has 1 heterocycles. The monoisotopic (exact) mass is 391 g/mol. The number of carboxylic acids is 1. The molecule has 0 radical (unpaired) electrons. The molecule has 2 aromatic rings. The first-order valence-corrected chi connectivity index (χ1v) is 8.81. The summed E-state index contributed by atoms with van der Waals surface area (Å²) in [4.78, 5) is 13.5. The summed E-state index contributed by atoms with van der Waals surface area (Å²) in [6.45, 7) is 1.43. The summed E-state index contributed by atoms with van der Waals surface area (Å²) in [6, 6.07) is 14.7. The second-order valence-corrected chi connectivity index (χ2v) is 7.07. The molecule has 1 atom stereocenters. The first kappa shape index (κ1) is 17.1. The average molecular weight is 392 g/mol. The Kier molecular flexibility index (Phi) is 5.31. The number of piperidine rings is 1. The van der Waals surface area contributed by atoms with Crippen LogP contribution >= 0.6 is 15.9 Å². The Labute approximate surface area is 149 Å². The molecule has 2 aromatic carbocycles. The van der Waals surface area contributed by atoms with Gasteiger partial charge >= 0.3 is 5.97 Å². The fraction of sp³-hybridized carbons (Fsp3) is 0.316. The highest BCUT2D eigenvalue weighted by atomic mass is 79.9. The molecular formula is C19H19BrFNO2. The fourth-order valence-corrected chi connectivity index (χ4v) is 3.57. The van der Waals surface area contributed by atoms with Crippen molar-refractivity contribution < 1.29 is 14.3 Å². The summed E-state index contributed by atoms with van der Waals surface area (Å²) < 4.78 is 14.3. The molecule has 1 aliphatic heterocycles. The van der Waals surface area contributed by atoms with E-state index in [0.717, 1.165) is 28.7 Å². The van der Waals surface area contributed by atoms with E-state index in [0.29, 0.717) is 12.8 Å². The molecule has 0 amide bonds. The number of carbonyl (C=O) groups is 1. The third kappa shape index (κ3) is 3.84. The van der Waals surface area contributed by atoms with Gasteiger partial charge in [0.05, 0.1) is 12.0 Å². The molecule has 1 N–H and O–H groups in total. The molecule has 1 fully saturated rings. The summed E-state index contributed by atoms with van der Waals surface area (Å²) in [5.74, 6) is -1.23. The lowest BCUT2D eigenvalue weighted by molar-refractivity contribution is -0.143. The van der Waals surface area contributed by atoms with E-state index >= 15 is 0 Å². The summed E-state index contributed by atoms with van der Waals surface area (Å²) in [5, 5.41) is 9.19. The molecule has 1 unspecified atom stereocenters. The zero-order chi connectivity index (χ0) is 17.1. The fourth-order valence-electron chi connectivity index (χ4n) is 3.31. The van der Waals surface area contributed by atoms with Crippen LogP contribution in [-0.2, 0) is 4.79 Å². The average Bonchev–Trinajstić information content (AvgIpc) is 2.59. The number of halogens is 2. The van der Waals surface area contributed by atoms with Crippen LogP contribution in [-0.4, -0.2) is 29.1 Å². The third-order valence-corrected chi connectivity index (χ3v) is 5.14. The lowest BCUT2D eigenvalue weighted by atomic mass is 9.91. The second-order valence-electron chi connectivity index (χ2n) is 6.15. The molecule has 3 rings (SSSR count). The van der Waals surface area contributed by atoms with Gasteiger partial charge in [0, 0.05) is 4.47 Å². The molecule has 0 aromatic heterocycles. The summed E-state index contributed by atoms with van der Waals surface area (Å²) in [5.41, 5.74) is 2.14. The normalized spacial score (nSPS) is 17.6. The van der Waals surface area contributed by atoms with E-state index in [1.54, 1.807) is 0 Å². The lowest BCUT2D eigenvalue weighted by Gasteiger charge is -2.37. The molecule has 0 saturated carbocycles. The van der Waals surface area contributed by atoms with Crippen molar-refractivity contribution in [2.24, 2.45) is 5.92 Å². The van der Waals surface area contributed by atoms with Gasteiger partial charge in [-0.05, 0) is 61.3 Å². The number of hydrogen-bond acceptors (Lipinski definition) is 2. The predicted octanol–water partition coefficient (Wildman–Crippen LogP) is 4.47. The molecule has 24 heavy (non-hydrogen) atoms. The maximum atomic E-state index is 13.3. The van der Waals surface area contributed by atoms with E-state index in [1.165, 1.54) is 12.1 Å². The van der Waals surface area contributed by atoms with Crippen LogP contribution in [0.25, 0.3) is 0 Å². The van der Waals surface area contributed by atoms with Crippen molar-refractivity contribution in [1.82, 2.24) is 4.90 Å². The quantitative estimate of drug-likeness (QED) is 0.835. The Balaban J connectivity index is 1.89. The number of benzene rings is 2. The number of aliphatic carboxylic acids is 1. The molecule has 1 aliphatic rings. The van der Waals surface area contributed by atoms with E-state index in [1.807, 2.05) is 24.3 Å². The van der Waals surface area contributed by atoms with Crippen molar-refractivity contribution in [3.05, 3.63) is 69.9 Å². The Bertz CT molecular complexity index is 649. The minimum absolute atomic E-state index is 0.00782. The highest BCUT2D eigenvalue weighted by Gasteiger charge is 2.30. The van der Waals surface area contributed by atoms with E-state index in [9.17, 15) is 14.3 Å². The topological polar surface area (TPSA) is 40.5 Å². The lowest BCUT2D eigenvalue weighted by Crippen LogP contribution is -2.39. The van der Waals surface area contributed by atoms with Crippen LogP contribution < -0.4 is 0 Å². The van der Waals surface area contributed by atoms with Crippen LogP contribution in [0.2, 0.25) is 0 Å². The molecule has 5 heteroatoms. The Morgan fingerprint density at radius 2 is 1.54 bits per heavy atom. The van der Waals surface area contributed by atoms with Crippen LogP contribution in [0.3, 0.4) is 0 Å². The minimum Gasteiger partial charge on any atom is -0.481 e. The van der Waals surface area contributed by atoms with Gasteiger partial charge in [-0.15, -0.1) is 0 Å². The van der Waals surface area contributed by atoms with Crippen LogP contribution in [0, 0.1) is 11.7 Å². The summed E-state index contributed by atoms with van der Waals surface area (Å²) in [7, 11) is 0. The van der Waals surface area contributed by atoms with Gasteiger partial charge in [-0.25, -0.2) is 4.39 Å². The number of carboxylic acid groups (broad SMARTS) is 1. The van der Waals surface area contributed by atoms with Gasteiger partial charge in [0.2, 0.25) is 0 Å². The van der Waals surface area contributed by atoms with Crippen LogP contribution in [0.5, 0.6) is 0 Å². The van der Waals surface area contributed by atoms with E-state index < -0.39 is 5.97 Å². The third-order valence-electron chi connectivity index (χ3n) is 4.62. The summed E-state index contributed by atoms with van der Waals surface area (Å²) >= 11 is 3.45. The van der Waals surface area contributed by atoms with Gasteiger partial charge in [0.1, 0.15) is 5.82 Å². The van der Waals surface area contributed by atoms with Crippen molar-refractivity contribution in [1.29, 1.82) is 0 Å². The van der Waals surface area contributed by atoms with Gasteiger partial charge in [-0.3, -0.25) is 9.69 Å². The van der Waals surface area contributed by atoms with Crippen LogP contribution in [0.15, 0.2) is 53.0 Å². The summed E-state index contributed by atoms with van der Waals surface area (Å²) in [6.07, 6.45) is 1.28. The highest BCUT2D eigenvalue weighted by Crippen LogP contribution is 2.33. The zero-order valence-corrected chi connectivity index (χ0v) is 14.7. The first-order chi connectivity index (χ1) is 11.5. The first-order valence-electron chi connectivity index (χ1n) is 8.02. The molecule has 0 spiro atoms. The highest BCUT2D eigenvalue weighted by molar-refractivity contribution is 9.10. The van der Waals surface area contributed by atoms with Crippen molar-refractivity contribution in [3.8, 4) is 0 Å². The maximum Gasteiger partial charge on any atom is 0.306 e. The second kappa shape index (κ2) is 7.45. The number of nitrogens with zero attached hydrogens (tertiary/aromatic N) is 1. The molecule has 0 aliphatic carbocycles. The van der Waals surface area contributed by atoms with E-state index in [4.69, 9.17) is 0 Å². The molecular weight excluding hydrogens is 373 g/mol. The van der Waals surface area contributed by atoms with Crippen molar-refractivity contribution in [2.45, 2.75) is 18.9 Å². The van der Waals surface area contributed by atoms with Crippen molar-refractivity contribution in [3.63, 3.8) is 0 Å². The van der Waals surface area contributed by atoms with E-state index in [-0.39, 0.29) is 17.8 Å². The largest absolute Gasteiger partial charge is 0.481 e. The van der Waals surface area contributed by atoms with Gasteiger partial charge in [-0.2, -0.15) is 0 Å². The van der Waals surface area contributed by atoms with Gasteiger partial charge in [0.25, 0.3) is 0 Å².